The molecule has 0 fully saturated rings. The summed E-state index contributed by atoms with van der Waals surface area (Å²) in [5, 5.41) is 8.47. The molecule has 0 aliphatic rings. The van der Waals surface area contributed by atoms with Crippen molar-refractivity contribution in [2.75, 3.05) is 13.1 Å². The van der Waals surface area contributed by atoms with Crippen LogP contribution >= 0.6 is 0 Å². The van der Waals surface area contributed by atoms with Crippen LogP contribution in [0.25, 0.3) is 0 Å². The molecule has 1 amide bonds. The number of carbonyl (C=O) groups is 1. The first-order valence-corrected chi connectivity index (χ1v) is 5.25. The maximum absolute atomic E-state index is 11.6. The van der Waals surface area contributed by atoms with Crippen molar-refractivity contribution in [2.24, 2.45) is 0 Å². The van der Waals surface area contributed by atoms with Crippen molar-refractivity contribution in [3.05, 3.63) is 0 Å². The lowest BCUT2D eigenvalue weighted by Gasteiger charge is -2.26. The van der Waals surface area contributed by atoms with E-state index in [-0.39, 0.29) is 6.09 Å². The molecular weight excluding hydrogens is 192 g/mol. The second-order valence-corrected chi connectivity index (χ2v) is 4.38. The van der Waals surface area contributed by atoms with Gasteiger partial charge in [-0.05, 0) is 27.2 Å². The first kappa shape index (κ1) is 13.8. The summed E-state index contributed by atoms with van der Waals surface area (Å²) in [6, 6.07) is 2.02. The Morgan fingerprint density at radius 2 is 2.00 bits per heavy atom. The average Bonchev–Trinajstić information content (AvgIpc) is 2.09. The molecule has 0 saturated heterocycles. The monoisotopic (exact) mass is 212 g/mol. The number of amides is 1. The molecule has 0 N–H and O–H groups in total. The van der Waals surface area contributed by atoms with Gasteiger partial charge in [-0.1, -0.05) is 6.92 Å². The molecule has 0 bridgehead atoms. The Labute approximate surface area is 91.8 Å². The number of nitriles is 1. The molecule has 0 aromatic heterocycles. The summed E-state index contributed by atoms with van der Waals surface area (Å²) < 4.78 is 5.23. The average molecular weight is 212 g/mol. The van der Waals surface area contributed by atoms with E-state index in [0.29, 0.717) is 19.5 Å². The maximum atomic E-state index is 11.6. The van der Waals surface area contributed by atoms with Crippen LogP contribution in [0.4, 0.5) is 4.79 Å². The van der Waals surface area contributed by atoms with Crippen LogP contribution in [-0.4, -0.2) is 29.7 Å². The summed E-state index contributed by atoms with van der Waals surface area (Å²) in [7, 11) is 0. The minimum absolute atomic E-state index is 0.334. The van der Waals surface area contributed by atoms with Gasteiger partial charge in [-0.25, -0.2) is 4.79 Å². The van der Waals surface area contributed by atoms with E-state index in [2.05, 4.69) is 0 Å². The first-order chi connectivity index (χ1) is 6.90. The molecule has 4 heteroatoms. The van der Waals surface area contributed by atoms with Crippen LogP contribution in [-0.2, 0) is 4.74 Å². The molecule has 0 aromatic rings. The van der Waals surface area contributed by atoms with Crippen LogP contribution in [0, 0.1) is 11.3 Å². The van der Waals surface area contributed by atoms with E-state index in [1.165, 1.54) is 0 Å². The van der Waals surface area contributed by atoms with Crippen molar-refractivity contribution in [3.8, 4) is 6.07 Å². The quantitative estimate of drug-likeness (QED) is 0.719. The molecule has 0 heterocycles. The van der Waals surface area contributed by atoms with Crippen molar-refractivity contribution in [3.63, 3.8) is 0 Å². The van der Waals surface area contributed by atoms with E-state index < -0.39 is 5.60 Å². The zero-order valence-electron chi connectivity index (χ0n) is 10.0. The van der Waals surface area contributed by atoms with Crippen LogP contribution in [0.2, 0.25) is 0 Å². The highest BCUT2D eigenvalue weighted by Crippen LogP contribution is 2.10. The Bertz CT molecular complexity index is 238. The summed E-state index contributed by atoms with van der Waals surface area (Å²) in [6.07, 6.45) is 0.879. The SMILES string of the molecule is CCCN(CCC#N)C(=O)OC(C)(C)C. The topological polar surface area (TPSA) is 53.3 Å². The van der Waals surface area contributed by atoms with E-state index in [0.717, 1.165) is 6.42 Å². The number of nitrogens with zero attached hydrogens (tertiary/aromatic N) is 2. The van der Waals surface area contributed by atoms with Gasteiger partial charge in [-0.2, -0.15) is 5.26 Å². The van der Waals surface area contributed by atoms with Crippen molar-refractivity contribution in [1.29, 1.82) is 5.26 Å². The largest absolute Gasteiger partial charge is 0.444 e. The highest BCUT2D eigenvalue weighted by molar-refractivity contribution is 5.68. The fourth-order valence-electron chi connectivity index (χ4n) is 1.08. The number of rotatable bonds is 4. The highest BCUT2D eigenvalue weighted by Gasteiger charge is 2.20. The predicted octanol–water partition coefficient (Wildman–Crippen LogP) is 2.55. The molecule has 0 rings (SSSR count). The standard InChI is InChI=1S/C11H20N2O2/c1-5-8-13(9-6-7-12)10(14)15-11(2,3)4/h5-6,8-9H2,1-4H3. The Balaban J connectivity index is 4.23. The molecule has 0 spiro atoms. The van der Waals surface area contributed by atoms with Gasteiger partial charge in [0.25, 0.3) is 0 Å². The lowest BCUT2D eigenvalue weighted by atomic mass is 10.2. The van der Waals surface area contributed by atoms with Crippen molar-refractivity contribution in [2.45, 2.75) is 46.1 Å². The second kappa shape index (κ2) is 6.28. The van der Waals surface area contributed by atoms with Crippen LogP contribution in [0.1, 0.15) is 40.5 Å². The van der Waals surface area contributed by atoms with Gasteiger partial charge in [-0.15, -0.1) is 0 Å². The third-order valence-electron chi connectivity index (χ3n) is 1.64. The molecule has 86 valence electrons. The Morgan fingerprint density at radius 3 is 2.40 bits per heavy atom. The number of carbonyl (C=O) groups excluding carboxylic acids is 1. The molecule has 0 unspecified atom stereocenters. The van der Waals surface area contributed by atoms with Crippen molar-refractivity contribution >= 4 is 6.09 Å². The van der Waals surface area contributed by atoms with Gasteiger partial charge < -0.3 is 9.64 Å². The van der Waals surface area contributed by atoms with Gasteiger partial charge in [0.2, 0.25) is 0 Å². The third-order valence-corrected chi connectivity index (χ3v) is 1.64. The fourth-order valence-corrected chi connectivity index (χ4v) is 1.08. The van der Waals surface area contributed by atoms with Crippen molar-refractivity contribution < 1.29 is 9.53 Å². The molecule has 0 radical (unpaired) electrons. The minimum atomic E-state index is -0.476. The molecule has 0 atom stereocenters. The summed E-state index contributed by atoms with van der Waals surface area (Å²) in [5.74, 6) is 0. The molecule has 0 saturated carbocycles. The molecule has 4 nitrogen and oxygen atoms in total. The van der Waals surface area contributed by atoms with E-state index in [1.54, 1.807) is 4.90 Å². The van der Waals surface area contributed by atoms with E-state index in [1.807, 2.05) is 33.8 Å². The third kappa shape index (κ3) is 6.78. The lowest BCUT2D eigenvalue weighted by Crippen LogP contribution is -2.37. The molecule has 15 heavy (non-hydrogen) atoms. The fraction of sp³-hybridized carbons (Fsp3) is 0.818. The Kier molecular flexibility index (Phi) is 5.76. The number of hydrogen-bond donors (Lipinski definition) is 0. The zero-order valence-corrected chi connectivity index (χ0v) is 10.0. The van der Waals surface area contributed by atoms with Gasteiger partial charge in [0, 0.05) is 13.1 Å². The number of ether oxygens (including phenoxy) is 1. The molecule has 0 aliphatic heterocycles. The van der Waals surface area contributed by atoms with E-state index in [9.17, 15) is 4.79 Å². The second-order valence-electron chi connectivity index (χ2n) is 4.38. The molecular formula is C11H20N2O2. The Morgan fingerprint density at radius 1 is 1.40 bits per heavy atom. The molecule has 0 aliphatic carbocycles. The summed E-state index contributed by atoms with van der Waals surface area (Å²) in [5.41, 5.74) is -0.476. The summed E-state index contributed by atoms with van der Waals surface area (Å²) in [6.45, 7) is 8.57. The summed E-state index contributed by atoms with van der Waals surface area (Å²) >= 11 is 0. The zero-order chi connectivity index (χ0) is 11.9. The smallest absolute Gasteiger partial charge is 0.410 e. The van der Waals surface area contributed by atoms with Gasteiger partial charge >= 0.3 is 6.09 Å². The van der Waals surface area contributed by atoms with Crippen LogP contribution in [0.15, 0.2) is 0 Å². The van der Waals surface area contributed by atoms with Crippen LogP contribution in [0.3, 0.4) is 0 Å². The van der Waals surface area contributed by atoms with Crippen LogP contribution < -0.4 is 0 Å². The predicted molar refractivity (Wildman–Crippen MR) is 58.3 cm³/mol. The number of hydrogen-bond acceptors (Lipinski definition) is 3. The lowest BCUT2D eigenvalue weighted by molar-refractivity contribution is 0.0254. The summed E-state index contributed by atoms with van der Waals surface area (Å²) in [4.78, 5) is 13.2. The van der Waals surface area contributed by atoms with Crippen LogP contribution in [0.5, 0.6) is 0 Å². The van der Waals surface area contributed by atoms with E-state index >= 15 is 0 Å². The molecule has 0 aromatic carbocycles. The van der Waals surface area contributed by atoms with Crippen molar-refractivity contribution in [1.82, 2.24) is 4.90 Å². The first-order valence-electron chi connectivity index (χ1n) is 5.25. The Hall–Kier alpha value is -1.24. The normalized spacial score (nSPS) is 10.6. The van der Waals surface area contributed by atoms with Gasteiger partial charge in [0.05, 0.1) is 12.5 Å². The highest BCUT2D eigenvalue weighted by atomic mass is 16.6. The maximum Gasteiger partial charge on any atom is 0.410 e. The minimum Gasteiger partial charge on any atom is -0.444 e. The van der Waals surface area contributed by atoms with Gasteiger partial charge in [0.1, 0.15) is 5.60 Å². The van der Waals surface area contributed by atoms with Gasteiger partial charge in [0.15, 0.2) is 0 Å². The van der Waals surface area contributed by atoms with Gasteiger partial charge in [-0.3, -0.25) is 0 Å². The van der Waals surface area contributed by atoms with E-state index in [4.69, 9.17) is 10.00 Å².